The second kappa shape index (κ2) is 11.9. The molecule has 170 valence electrons. The van der Waals surface area contributed by atoms with Gasteiger partial charge in [-0.1, -0.05) is 6.92 Å². The monoisotopic (exact) mass is 438 g/mol. The number of carbonyl (C=O) groups excluding carboxylic acids is 3. The Kier molecular flexibility index (Phi) is 8.62. The van der Waals surface area contributed by atoms with E-state index >= 15 is 0 Å². The molecule has 8 nitrogen and oxygen atoms in total. The number of hydrogen-bond acceptors (Lipinski definition) is 5. The van der Waals surface area contributed by atoms with Crippen molar-refractivity contribution in [3.05, 3.63) is 59.7 Å². The second-order valence-electron chi connectivity index (χ2n) is 7.66. The first-order valence-corrected chi connectivity index (χ1v) is 11.0. The molecule has 1 atom stereocenters. The van der Waals surface area contributed by atoms with Crippen LogP contribution in [0.2, 0.25) is 0 Å². The molecule has 3 rings (SSSR count). The van der Waals surface area contributed by atoms with E-state index in [-0.39, 0.29) is 30.4 Å². The summed E-state index contributed by atoms with van der Waals surface area (Å²) in [5, 5.41) is 11.5. The predicted octanol–water partition coefficient (Wildman–Crippen LogP) is 2.79. The second-order valence-corrected chi connectivity index (χ2v) is 7.66. The zero-order valence-electron chi connectivity index (χ0n) is 18.3. The molecule has 0 spiro atoms. The van der Waals surface area contributed by atoms with Crippen molar-refractivity contribution in [2.45, 2.75) is 32.3 Å². The lowest BCUT2D eigenvalue weighted by Crippen LogP contribution is -2.31. The van der Waals surface area contributed by atoms with E-state index in [1.54, 1.807) is 48.5 Å². The van der Waals surface area contributed by atoms with Gasteiger partial charge in [0.05, 0.1) is 12.6 Å². The van der Waals surface area contributed by atoms with Crippen LogP contribution >= 0.6 is 0 Å². The minimum Gasteiger partial charge on any atom is -0.376 e. The molecule has 0 bridgehead atoms. The molecule has 4 N–H and O–H groups in total. The van der Waals surface area contributed by atoms with Crippen molar-refractivity contribution >= 4 is 29.1 Å². The van der Waals surface area contributed by atoms with E-state index in [0.29, 0.717) is 29.9 Å². The van der Waals surface area contributed by atoms with Crippen LogP contribution in [-0.4, -0.2) is 50.1 Å². The quantitative estimate of drug-likeness (QED) is 0.456. The highest BCUT2D eigenvalue weighted by Gasteiger charge is 2.16. The molecule has 8 heteroatoms. The standard InChI is InChI=1S/C24H30N4O4/c1-2-13-25-23(30)17-7-11-20(12-8-17)28-22(29)16-26-19-9-5-18(6-10-19)24(31)27-15-21-4-3-14-32-21/h5-12,21,26H,2-4,13-16H2,1H3,(H,25,30)(H,27,31)(H,28,29). The van der Waals surface area contributed by atoms with Crippen LogP contribution in [0.15, 0.2) is 48.5 Å². The Morgan fingerprint density at radius 2 is 1.53 bits per heavy atom. The van der Waals surface area contributed by atoms with Crippen molar-refractivity contribution in [3.8, 4) is 0 Å². The van der Waals surface area contributed by atoms with Crippen molar-refractivity contribution in [2.24, 2.45) is 0 Å². The number of rotatable bonds is 10. The molecular weight excluding hydrogens is 408 g/mol. The highest BCUT2D eigenvalue weighted by atomic mass is 16.5. The number of amides is 3. The lowest BCUT2D eigenvalue weighted by molar-refractivity contribution is -0.114. The number of carbonyl (C=O) groups is 3. The van der Waals surface area contributed by atoms with Crippen LogP contribution in [-0.2, 0) is 9.53 Å². The zero-order chi connectivity index (χ0) is 22.8. The Hall–Kier alpha value is -3.39. The molecule has 1 unspecified atom stereocenters. The molecule has 1 fully saturated rings. The smallest absolute Gasteiger partial charge is 0.251 e. The SMILES string of the molecule is CCCNC(=O)c1ccc(NC(=O)CNc2ccc(C(=O)NCC3CCCO3)cc2)cc1. The Balaban J connectivity index is 1.41. The van der Waals surface area contributed by atoms with Crippen molar-refractivity contribution < 1.29 is 19.1 Å². The van der Waals surface area contributed by atoms with Crippen molar-refractivity contribution in [1.82, 2.24) is 10.6 Å². The lowest BCUT2D eigenvalue weighted by Gasteiger charge is -2.11. The molecule has 0 aliphatic carbocycles. The van der Waals surface area contributed by atoms with Gasteiger partial charge in [0, 0.05) is 42.2 Å². The van der Waals surface area contributed by atoms with E-state index in [1.165, 1.54) is 0 Å². The van der Waals surface area contributed by atoms with E-state index in [9.17, 15) is 14.4 Å². The highest BCUT2D eigenvalue weighted by Crippen LogP contribution is 2.13. The third-order valence-corrected chi connectivity index (χ3v) is 5.08. The number of ether oxygens (including phenoxy) is 1. The fraction of sp³-hybridized carbons (Fsp3) is 0.375. The Morgan fingerprint density at radius 1 is 0.906 bits per heavy atom. The van der Waals surface area contributed by atoms with Crippen molar-refractivity contribution in [3.63, 3.8) is 0 Å². The van der Waals surface area contributed by atoms with Gasteiger partial charge in [-0.15, -0.1) is 0 Å². The first-order chi connectivity index (χ1) is 15.5. The molecule has 1 saturated heterocycles. The number of hydrogen-bond donors (Lipinski definition) is 4. The van der Waals surface area contributed by atoms with Crippen LogP contribution in [0.3, 0.4) is 0 Å². The van der Waals surface area contributed by atoms with Gasteiger partial charge in [0.15, 0.2) is 0 Å². The molecule has 0 saturated carbocycles. The van der Waals surface area contributed by atoms with Crippen molar-refractivity contribution in [2.75, 3.05) is 36.9 Å². The van der Waals surface area contributed by atoms with Crippen molar-refractivity contribution in [1.29, 1.82) is 0 Å². The topological polar surface area (TPSA) is 109 Å². The van der Waals surface area contributed by atoms with Crippen LogP contribution in [0.5, 0.6) is 0 Å². The molecule has 0 radical (unpaired) electrons. The largest absolute Gasteiger partial charge is 0.376 e. The number of benzene rings is 2. The fourth-order valence-corrected chi connectivity index (χ4v) is 3.29. The fourth-order valence-electron chi connectivity index (χ4n) is 3.29. The van der Waals surface area contributed by atoms with E-state index in [4.69, 9.17) is 4.74 Å². The van der Waals surface area contributed by atoms with E-state index in [2.05, 4.69) is 21.3 Å². The first-order valence-electron chi connectivity index (χ1n) is 11.0. The summed E-state index contributed by atoms with van der Waals surface area (Å²) in [4.78, 5) is 36.3. The molecule has 1 heterocycles. The van der Waals surface area contributed by atoms with Crippen LogP contribution in [0.4, 0.5) is 11.4 Å². The number of nitrogens with one attached hydrogen (secondary N) is 4. The van der Waals surface area contributed by atoms with Gasteiger partial charge >= 0.3 is 0 Å². The Labute approximate surface area is 188 Å². The van der Waals surface area contributed by atoms with Gasteiger partial charge in [-0.2, -0.15) is 0 Å². The molecule has 1 aliphatic rings. The average Bonchev–Trinajstić information content (AvgIpc) is 3.34. The van der Waals surface area contributed by atoms with Gasteiger partial charge in [0.25, 0.3) is 11.8 Å². The maximum Gasteiger partial charge on any atom is 0.251 e. The van der Waals surface area contributed by atoms with Crippen LogP contribution in [0.1, 0.15) is 46.9 Å². The van der Waals surface area contributed by atoms with Crippen LogP contribution < -0.4 is 21.3 Å². The summed E-state index contributed by atoms with van der Waals surface area (Å²) in [6, 6.07) is 13.7. The molecule has 32 heavy (non-hydrogen) atoms. The minimum atomic E-state index is -0.216. The third kappa shape index (κ3) is 7.09. The Morgan fingerprint density at radius 3 is 2.12 bits per heavy atom. The normalized spacial score (nSPS) is 15.1. The summed E-state index contributed by atoms with van der Waals surface area (Å²) < 4.78 is 5.51. The maximum atomic E-state index is 12.2. The summed E-state index contributed by atoms with van der Waals surface area (Å²) in [7, 11) is 0. The molecule has 0 aromatic heterocycles. The van der Waals surface area contributed by atoms with E-state index in [0.717, 1.165) is 31.6 Å². The van der Waals surface area contributed by atoms with E-state index in [1.807, 2.05) is 6.92 Å². The summed E-state index contributed by atoms with van der Waals surface area (Å²) in [5.41, 5.74) is 2.46. The van der Waals surface area contributed by atoms with Gasteiger partial charge in [-0.05, 0) is 67.8 Å². The summed E-state index contributed by atoms with van der Waals surface area (Å²) in [6.45, 7) is 3.97. The zero-order valence-corrected chi connectivity index (χ0v) is 18.3. The van der Waals surface area contributed by atoms with Gasteiger partial charge in [0.2, 0.25) is 5.91 Å². The third-order valence-electron chi connectivity index (χ3n) is 5.08. The van der Waals surface area contributed by atoms with E-state index < -0.39 is 0 Å². The van der Waals surface area contributed by atoms with Gasteiger partial charge in [0.1, 0.15) is 0 Å². The maximum absolute atomic E-state index is 12.2. The minimum absolute atomic E-state index is 0.0727. The first kappa shape index (κ1) is 23.3. The molecule has 1 aliphatic heterocycles. The highest BCUT2D eigenvalue weighted by molar-refractivity contribution is 5.97. The lowest BCUT2D eigenvalue weighted by atomic mass is 10.2. The van der Waals surface area contributed by atoms with Crippen LogP contribution in [0.25, 0.3) is 0 Å². The van der Waals surface area contributed by atoms with Gasteiger partial charge in [-0.3, -0.25) is 14.4 Å². The molecular formula is C24H30N4O4. The van der Waals surface area contributed by atoms with Crippen LogP contribution in [0, 0.1) is 0 Å². The average molecular weight is 439 g/mol. The summed E-state index contributed by atoms with van der Waals surface area (Å²) >= 11 is 0. The van der Waals surface area contributed by atoms with Gasteiger partial charge in [-0.25, -0.2) is 0 Å². The molecule has 3 amide bonds. The number of anilines is 2. The summed E-state index contributed by atoms with van der Waals surface area (Å²) in [5.74, 6) is -0.487. The van der Waals surface area contributed by atoms with Gasteiger partial charge < -0.3 is 26.0 Å². The predicted molar refractivity (Wildman–Crippen MR) is 124 cm³/mol. The molecule has 2 aromatic rings. The molecule has 2 aromatic carbocycles. The summed E-state index contributed by atoms with van der Waals surface area (Å²) in [6.07, 6.45) is 2.99. The Bertz CT molecular complexity index is 907.